The van der Waals surface area contributed by atoms with Crippen LogP contribution < -0.4 is 0 Å². The highest BCUT2D eigenvalue weighted by Crippen LogP contribution is 2.20. The van der Waals surface area contributed by atoms with Crippen molar-refractivity contribution in [2.75, 3.05) is 0 Å². The summed E-state index contributed by atoms with van der Waals surface area (Å²) in [6.45, 7) is 0. The van der Waals surface area contributed by atoms with Gasteiger partial charge in [-0.1, -0.05) is 30.3 Å². The number of benzene rings is 1. The maximum Gasteiger partial charge on any atom is 0.164 e. The lowest BCUT2D eigenvalue weighted by molar-refractivity contribution is -0.115. The van der Waals surface area contributed by atoms with Crippen LogP contribution in [0.5, 0.6) is 0 Å². The van der Waals surface area contributed by atoms with Crippen molar-refractivity contribution < 1.29 is 4.79 Å². The van der Waals surface area contributed by atoms with Gasteiger partial charge in [0.2, 0.25) is 0 Å². The van der Waals surface area contributed by atoms with Gasteiger partial charge in [0.05, 0.1) is 11.9 Å². The number of hydrogen-bond acceptors (Lipinski definition) is 2. The number of carbonyl (C=O) groups is 1. The van der Waals surface area contributed by atoms with Crippen LogP contribution in [0.15, 0.2) is 48.0 Å². The Kier molecular flexibility index (Phi) is 2.93. The maximum absolute atomic E-state index is 12.0. The number of fused-ring (bicyclic) bond motifs is 1. The van der Waals surface area contributed by atoms with Crippen LogP contribution in [0.2, 0.25) is 0 Å². The molecule has 0 fully saturated rings. The number of ketones is 1. The van der Waals surface area contributed by atoms with Crippen molar-refractivity contribution in [2.45, 2.75) is 25.7 Å². The van der Waals surface area contributed by atoms with Gasteiger partial charge in [-0.15, -0.1) is 0 Å². The molecular formula is C16H15NO. The molecular weight excluding hydrogens is 222 g/mol. The summed E-state index contributed by atoms with van der Waals surface area (Å²) < 4.78 is 0. The minimum atomic E-state index is 0.232. The van der Waals surface area contributed by atoms with E-state index in [-0.39, 0.29) is 5.78 Å². The van der Waals surface area contributed by atoms with E-state index in [0.717, 1.165) is 41.4 Å². The molecule has 0 spiro atoms. The fourth-order valence-electron chi connectivity index (χ4n) is 2.41. The minimum absolute atomic E-state index is 0.232. The van der Waals surface area contributed by atoms with E-state index in [1.807, 2.05) is 36.4 Å². The highest BCUT2D eigenvalue weighted by atomic mass is 16.1. The summed E-state index contributed by atoms with van der Waals surface area (Å²) in [6.07, 6.45) is 5.60. The lowest BCUT2D eigenvalue weighted by Crippen LogP contribution is -2.06. The molecule has 1 heterocycles. The third kappa shape index (κ3) is 2.19. The first-order valence-corrected chi connectivity index (χ1v) is 6.40. The molecule has 1 aromatic heterocycles. The molecule has 0 unspecified atom stereocenters. The predicted molar refractivity (Wildman–Crippen MR) is 72.4 cm³/mol. The van der Waals surface area contributed by atoms with Crippen LogP contribution in [0.3, 0.4) is 0 Å². The maximum atomic E-state index is 12.0. The van der Waals surface area contributed by atoms with Crippen LogP contribution in [-0.4, -0.2) is 10.8 Å². The van der Waals surface area contributed by atoms with E-state index >= 15 is 0 Å². The first kappa shape index (κ1) is 11.1. The van der Waals surface area contributed by atoms with E-state index < -0.39 is 0 Å². The lowest BCUT2D eigenvalue weighted by Gasteiger charge is -2.03. The third-order valence-corrected chi connectivity index (χ3v) is 3.40. The Labute approximate surface area is 106 Å². The number of hydrogen-bond donors (Lipinski definition) is 0. The first-order valence-electron chi connectivity index (χ1n) is 6.40. The molecule has 0 saturated carbocycles. The minimum Gasteiger partial charge on any atom is -0.294 e. The smallest absolute Gasteiger partial charge is 0.164 e. The van der Waals surface area contributed by atoms with Gasteiger partial charge in [-0.25, -0.2) is 0 Å². The molecule has 2 heteroatoms. The number of allylic oxidation sites excluding steroid dienone is 2. The number of Topliss-reactive ketones (excluding diaryl/α,β-unsaturated/α-hetero) is 1. The molecule has 2 aromatic rings. The predicted octanol–water partition coefficient (Wildman–Crippen LogP) is 3.46. The lowest BCUT2D eigenvalue weighted by atomic mass is 10.1. The molecule has 0 N–H and O–H groups in total. The van der Waals surface area contributed by atoms with Crippen LogP contribution in [0, 0.1) is 0 Å². The molecule has 0 saturated heterocycles. The Bertz CT molecular complexity index is 628. The largest absolute Gasteiger partial charge is 0.294 e. The zero-order valence-corrected chi connectivity index (χ0v) is 10.2. The van der Waals surface area contributed by atoms with Crippen LogP contribution in [-0.2, 0) is 11.2 Å². The van der Waals surface area contributed by atoms with E-state index in [2.05, 4.69) is 11.1 Å². The Hall–Kier alpha value is -1.96. The molecule has 0 amide bonds. The SMILES string of the molecule is O=C(Cc1ccc2ccccc2n1)C1=CCCC1. The van der Waals surface area contributed by atoms with Crippen LogP contribution in [0.25, 0.3) is 10.9 Å². The Morgan fingerprint density at radius 2 is 2.06 bits per heavy atom. The first-order chi connectivity index (χ1) is 8.83. The summed E-state index contributed by atoms with van der Waals surface area (Å²) in [5, 5.41) is 1.12. The van der Waals surface area contributed by atoms with Gasteiger partial charge in [0.25, 0.3) is 0 Å². The molecule has 2 nitrogen and oxygen atoms in total. The number of carbonyl (C=O) groups excluding carboxylic acids is 1. The van der Waals surface area contributed by atoms with Crippen LogP contribution in [0.4, 0.5) is 0 Å². The fraction of sp³-hybridized carbons (Fsp3) is 0.250. The van der Waals surface area contributed by atoms with Gasteiger partial charge < -0.3 is 0 Å². The number of pyridine rings is 1. The van der Waals surface area contributed by atoms with Gasteiger partial charge in [-0.3, -0.25) is 9.78 Å². The Morgan fingerprint density at radius 1 is 1.17 bits per heavy atom. The van der Waals surface area contributed by atoms with E-state index in [9.17, 15) is 4.79 Å². The standard InChI is InChI=1S/C16H15NO/c18-16(13-6-1-2-7-13)11-14-10-9-12-5-3-4-8-15(12)17-14/h3-6,8-10H,1-2,7,11H2. The molecule has 18 heavy (non-hydrogen) atoms. The van der Waals surface area contributed by atoms with Crippen molar-refractivity contribution in [2.24, 2.45) is 0 Å². The second-order valence-corrected chi connectivity index (χ2v) is 4.72. The van der Waals surface area contributed by atoms with E-state index in [1.54, 1.807) is 0 Å². The summed E-state index contributed by atoms with van der Waals surface area (Å²) >= 11 is 0. The van der Waals surface area contributed by atoms with Gasteiger partial charge >= 0.3 is 0 Å². The van der Waals surface area contributed by atoms with Crippen molar-refractivity contribution in [3.05, 3.63) is 53.7 Å². The molecule has 0 bridgehead atoms. The molecule has 0 aliphatic heterocycles. The molecule has 3 rings (SSSR count). The van der Waals surface area contributed by atoms with Crippen molar-refractivity contribution >= 4 is 16.7 Å². The van der Waals surface area contributed by atoms with Gasteiger partial charge in [0.15, 0.2) is 5.78 Å². The van der Waals surface area contributed by atoms with Gasteiger partial charge in [-0.05, 0) is 37.0 Å². The van der Waals surface area contributed by atoms with Crippen LogP contribution >= 0.6 is 0 Å². The van der Waals surface area contributed by atoms with E-state index in [0.29, 0.717) is 6.42 Å². The molecule has 1 aliphatic carbocycles. The molecule has 90 valence electrons. The van der Waals surface area contributed by atoms with Crippen molar-refractivity contribution in [3.8, 4) is 0 Å². The van der Waals surface area contributed by atoms with Crippen molar-refractivity contribution in [3.63, 3.8) is 0 Å². The highest BCUT2D eigenvalue weighted by molar-refractivity contribution is 5.97. The number of nitrogens with zero attached hydrogens (tertiary/aromatic N) is 1. The zero-order chi connectivity index (χ0) is 12.4. The molecule has 1 aromatic carbocycles. The molecule has 0 atom stereocenters. The summed E-state index contributed by atoms with van der Waals surface area (Å²) in [5.74, 6) is 0.232. The monoisotopic (exact) mass is 237 g/mol. The topological polar surface area (TPSA) is 30.0 Å². The van der Waals surface area contributed by atoms with Gasteiger partial charge in [0, 0.05) is 11.1 Å². The fourth-order valence-corrected chi connectivity index (χ4v) is 2.41. The van der Waals surface area contributed by atoms with Gasteiger partial charge in [0.1, 0.15) is 0 Å². The van der Waals surface area contributed by atoms with Crippen molar-refractivity contribution in [1.29, 1.82) is 0 Å². The van der Waals surface area contributed by atoms with Gasteiger partial charge in [-0.2, -0.15) is 0 Å². The zero-order valence-electron chi connectivity index (χ0n) is 10.2. The summed E-state index contributed by atoms with van der Waals surface area (Å²) in [4.78, 5) is 16.6. The van der Waals surface area contributed by atoms with E-state index in [4.69, 9.17) is 0 Å². The molecule has 0 radical (unpaired) electrons. The number of para-hydroxylation sites is 1. The van der Waals surface area contributed by atoms with E-state index in [1.165, 1.54) is 0 Å². The third-order valence-electron chi connectivity index (χ3n) is 3.40. The second kappa shape index (κ2) is 4.73. The van der Waals surface area contributed by atoms with Crippen molar-refractivity contribution in [1.82, 2.24) is 4.98 Å². The number of aromatic nitrogens is 1. The summed E-state index contributed by atoms with van der Waals surface area (Å²) in [5.41, 5.74) is 2.82. The Morgan fingerprint density at radius 3 is 2.89 bits per heavy atom. The molecule has 1 aliphatic rings. The summed E-state index contributed by atoms with van der Waals surface area (Å²) in [6, 6.07) is 12.0. The Balaban J connectivity index is 1.84. The average Bonchev–Trinajstić information content (AvgIpc) is 2.92. The summed E-state index contributed by atoms with van der Waals surface area (Å²) in [7, 11) is 0. The van der Waals surface area contributed by atoms with Crippen LogP contribution in [0.1, 0.15) is 25.0 Å². The highest BCUT2D eigenvalue weighted by Gasteiger charge is 2.14. The number of rotatable bonds is 3. The quantitative estimate of drug-likeness (QED) is 0.818. The second-order valence-electron chi connectivity index (χ2n) is 4.72. The normalized spacial score (nSPS) is 14.8. The average molecular weight is 237 g/mol.